The summed E-state index contributed by atoms with van der Waals surface area (Å²) < 4.78 is 31.5. The average Bonchev–Trinajstić information content (AvgIpc) is 3.54. The van der Waals surface area contributed by atoms with Crippen LogP contribution in [0, 0.1) is 35.9 Å². The first kappa shape index (κ1) is 26.1. The Morgan fingerprint density at radius 2 is 2.00 bits per heavy atom. The first-order valence-corrected chi connectivity index (χ1v) is 12.2. The fourth-order valence-corrected chi connectivity index (χ4v) is 4.46. The smallest absolute Gasteiger partial charge is 0.303 e. The molecule has 2 atom stereocenters. The average molecular weight is 518 g/mol. The number of nitrogens with one attached hydrogen (secondary N) is 2. The van der Waals surface area contributed by atoms with Gasteiger partial charge in [0.1, 0.15) is 18.0 Å². The van der Waals surface area contributed by atoms with Crippen LogP contribution in [0.25, 0.3) is 0 Å². The predicted molar refractivity (Wildman–Crippen MR) is 131 cm³/mol. The third-order valence-corrected chi connectivity index (χ3v) is 6.76. The molecule has 0 spiro atoms. The quantitative estimate of drug-likeness (QED) is 0.569. The molecule has 2 saturated heterocycles. The Kier molecular flexibility index (Phi) is 7.93. The maximum Gasteiger partial charge on any atom is 0.303 e. The molecule has 0 amide bonds. The van der Waals surface area contributed by atoms with E-state index in [0.29, 0.717) is 29.5 Å². The summed E-state index contributed by atoms with van der Waals surface area (Å²) in [5.74, 6) is -0.681. The van der Waals surface area contributed by atoms with E-state index in [1.807, 2.05) is 6.92 Å². The summed E-state index contributed by atoms with van der Waals surface area (Å²) in [4.78, 5) is 18.2. The highest BCUT2D eigenvalue weighted by molar-refractivity contribution is 6.33. The number of hydrogen-bond acceptors (Lipinski definition) is 9. The van der Waals surface area contributed by atoms with Gasteiger partial charge in [0.05, 0.1) is 35.6 Å². The zero-order valence-corrected chi connectivity index (χ0v) is 21.2. The fraction of sp³-hybridized carbons (Fsp3) is 0.520. The lowest BCUT2D eigenvalue weighted by atomic mass is 9.86. The number of aryl methyl sites for hydroxylation is 1. The van der Waals surface area contributed by atoms with Crippen LogP contribution in [-0.2, 0) is 14.3 Å². The SMILES string of the molecule is CC(=O)OC1(C)CC1.Cc1cc(Nc2ncnc(OC3C4CNCC3COC4)c2F)c(Cl)cc1C#N. The van der Waals surface area contributed by atoms with Gasteiger partial charge in [-0.3, -0.25) is 4.79 Å². The first-order valence-electron chi connectivity index (χ1n) is 11.8. The molecule has 9 nitrogen and oxygen atoms in total. The van der Waals surface area contributed by atoms with E-state index in [-0.39, 0.29) is 41.2 Å². The van der Waals surface area contributed by atoms with E-state index in [1.54, 1.807) is 13.0 Å². The van der Waals surface area contributed by atoms with Crippen molar-refractivity contribution in [1.29, 1.82) is 5.26 Å². The largest absolute Gasteiger partial charge is 0.471 e. The molecular weight excluding hydrogens is 489 g/mol. The van der Waals surface area contributed by atoms with Crippen molar-refractivity contribution in [2.24, 2.45) is 11.8 Å². The van der Waals surface area contributed by atoms with Crippen molar-refractivity contribution in [2.75, 3.05) is 31.6 Å². The molecule has 1 saturated carbocycles. The minimum Gasteiger partial charge on any atom is -0.471 e. The van der Waals surface area contributed by atoms with Gasteiger partial charge in [-0.1, -0.05) is 11.6 Å². The van der Waals surface area contributed by atoms with E-state index >= 15 is 4.39 Å². The summed E-state index contributed by atoms with van der Waals surface area (Å²) in [6, 6.07) is 5.28. The monoisotopic (exact) mass is 517 g/mol. The molecule has 3 heterocycles. The number of esters is 1. The van der Waals surface area contributed by atoms with Gasteiger partial charge in [0.25, 0.3) is 5.88 Å². The molecule has 5 rings (SSSR count). The molecule has 1 aromatic carbocycles. The van der Waals surface area contributed by atoms with Crippen LogP contribution in [0.5, 0.6) is 5.88 Å². The summed E-state index contributed by atoms with van der Waals surface area (Å²) in [7, 11) is 0. The van der Waals surface area contributed by atoms with Crippen molar-refractivity contribution in [3.05, 3.63) is 40.4 Å². The third kappa shape index (κ3) is 6.22. The van der Waals surface area contributed by atoms with Crippen molar-refractivity contribution in [2.45, 2.75) is 45.3 Å². The van der Waals surface area contributed by atoms with Gasteiger partial charge in [-0.25, -0.2) is 4.98 Å². The standard InChI is InChI=1S/C19H19ClFN5O2.C6H10O2/c1-10-2-15(14(20)3-11(10)4-22)26-18-16(21)19(25-9-24-18)28-17-12-5-23-6-13(17)8-27-7-12;1-5(7)8-6(2)3-4-6/h2-3,9,12-13,17,23H,5-8H2,1H3,(H,24,25,26);3-4H2,1-2H3. The van der Waals surface area contributed by atoms with Crippen LogP contribution in [0.1, 0.15) is 37.8 Å². The van der Waals surface area contributed by atoms with Crippen LogP contribution in [0.15, 0.2) is 18.5 Å². The van der Waals surface area contributed by atoms with Crippen molar-refractivity contribution < 1.29 is 23.4 Å². The summed E-state index contributed by atoms with van der Waals surface area (Å²) in [6.45, 7) is 7.86. The number of piperidine rings is 1. The molecule has 2 N–H and O–H groups in total. The van der Waals surface area contributed by atoms with E-state index in [2.05, 4.69) is 26.7 Å². The van der Waals surface area contributed by atoms with E-state index in [1.165, 1.54) is 19.3 Å². The van der Waals surface area contributed by atoms with Gasteiger partial charge in [0.2, 0.25) is 5.82 Å². The van der Waals surface area contributed by atoms with Crippen molar-refractivity contribution in [3.8, 4) is 11.9 Å². The number of aromatic nitrogens is 2. The van der Waals surface area contributed by atoms with E-state index < -0.39 is 5.82 Å². The highest BCUT2D eigenvalue weighted by atomic mass is 35.5. The molecule has 11 heteroatoms. The Labute approximate surface area is 214 Å². The number of carbonyl (C=O) groups excluding carboxylic acids is 1. The van der Waals surface area contributed by atoms with Crippen molar-refractivity contribution in [3.63, 3.8) is 0 Å². The number of nitrogens with zero attached hydrogens (tertiary/aromatic N) is 3. The van der Waals surface area contributed by atoms with Gasteiger partial charge in [0, 0.05) is 31.8 Å². The summed E-state index contributed by atoms with van der Waals surface area (Å²) in [6.07, 6.45) is 3.16. The number of fused-ring (bicyclic) bond motifs is 2. The Morgan fingerprint density at radius 1 is 1.31 bits per heavy atom. The number of rotatable bonds is 5. The maximum atomic E-state index is 15.0. The number of anilines is 2. The third-order valence-electron chi connectivity index (χ3n) is 6.44. The summed E-state index contributed by atoms with van der Waals surface area (Å²) >= 11 is 6.21. The van der Waals surface area contributed by atoms with Gasteiger partial charge in [0.15, 0.2) is 5.82 Å². The van der Waals surface area contributed by atoms with Gasteiger partial charge >= 0.3 is 5.97 Å². The molecule has 36 heavy (non-hydrogen) atoms. The predicted octanol–water partition coefficient (Wildman–Crippen LogP) is 3.91. The second kappa shape index (κ2) is 10.9. The van der Waals surface area contributed by atoms with Crippen molar-refractivity contribution in [1.82, 2.24) is 15.3 Å². The molecule has 3 aliphatic rings. The van der Waals surface area contributed by atoms with Crippen molar-refractivity contribution >= 4 is 29.1 Å². The lowest BCUT2D eigenvalue weighted by Crippen LogP contribution is -2.56. The second-order valence-corrected chi connectivity index (χ2v) is 9.97. The number of benzene rings is 1. The minimum absolute atomic E-state index is 0.0358. The zero-order chi connectivity index (χ0) is 25.9. The van der Waals surface area contributed by atoms with Gasteiger partial charge < -0.3 is 24.8 Å². The van der Waals surface area contributed by atoms with Crippen LogP contribution >= 0.6 is 11.6 Å². The lowest BCUT2D eigenvalue weighted by molar-refractivity contribution is -0.147. The number of nitriles is 1. The number of halogens is 2. The van der Waals surface area contributed by atoms with Crippen LogP contribution in [0.4, 0.5) is 15.9 Å². The van der Waals surface area contributed by atoms with Gasteiger partial charge in [-0.2, -0.15) is 14.6 Å². The zero-order valence-electron chi connectivity index (χ0n) is 20.4. The molecule has 2 unspecified atom stereocenters. The molecule has 0 radical (unpaired) electrons. The molecule has 2 aliphatic heterocycles. The molecule has 1 aromatic heterocycles. The van der Waals surface area contributed by atoms with E-state index in [4.69, 9.17) is 31.1 Å². The first-order chi connectivity index (χ1) is 17.2. The van der Waals surface area contributed by atoms with Crippen LogP contribution in [-0.4, -0.2) is 53.9 Å². The number of carbonyl (C=O) groups is 1. The van der Waals surface area contributed by atoms with E-state index in [9.17, 15) is 4.79 Å². The highest BCUT2D eigenvalue weighted by Gasteiger charge is 2.41. The molecule has 1 aliphatic carbocycles. The normalized spacial score (nSPS) is 23.4. The van der Waals surface area contributed by atoms with Crippen LogP contribution < -0.4 is 15.4 Å². The van der Waals surface area contributed by atoms with Crippen LogP contribution in [0.2, 0.25) is 5.02 Å². The maximum absolute atomic E-state index is 15.0. The summed E-state index contributed by atoms with van der Waals surface area (Å²) in [5, 5.41) is 15.6. The van der Waals surface area contributed by atoms with Crippen LogP contribution in [0.3, 0.4) is 0 Å². The minimum atomic E-state index is -0.682. The Hall–Kier alpha value is -3.00. The fourth-order valence-electron chi connectivity index (χ4n) is 4.24. The number of ether oxygens (including phenoxy) is 3. The van der Waals surface area contributed by atoms with Gasteiger partial charge in [-0.15, -0.1) is 0 Å². The number of hydrogen-bond donors (Lipinski definition) is 2. The highest BCUT2D eigenvalue weighted by Crippen LogP contribution is 2.38. The molecule has 2 aromatic rings. The molecular formula is C25H29ClFN5O4. The van der Waals surface area contributed by atoms with E-state index in [0.717, 1.165) is 31.5 Å². The Bertz CT molecular complexity index is 1150. The lowest BCUT2D eigenvalue weighted by Gasteiger charge is -2.41. The summed E-state index contributed by atoms with van der Waals surface area (Å²) in [5.41, 5.74) is 1.56. The second-order valence-electron chi connectivity index (χ2n) is 9.57. The van der Waals surface area contributed by atoms with Gasteiger partial charge in [-0.05, 0) is 44.4 Å². The molecule has 192 valence electrons. The topological polar surface area (TPSA) is 118 Å². The Morgan fingerprint density at radius 3 is 2.58 bits per heavy atom. The molecule has 3 fully saturated rings. The molecule has 2 bridgehead atoms. The Balaban J connectivity index is 0.000000325.